The van der Waals surface area contributed by atoms with E-state index >= 15 is 0 Å². The number of carbonyl (C=O) groups excluding carboxylic acids is 1. The van der Waals surface area contributed by atoms with Crippen LogP contribution in [0.4, 0.5) is 5.69 Å². The fourth-order valence-electron chi connectivity index (χ4n) is 1.85. The first-order chi connectivity index (χ1) is 10.6. The van der Waals surface area contributed by atoms with Gasteiger partial charge < -0.3 is 4.74 Å². The number of ketones is 1. The number of nitro benzene ring substituents is 1. The fraction of sp³-hybridized carbons (Fsp3) is 0.188. The molecule has 0 bridgehead atoms. The van der Waals surface area contributed by atoms with E-state index in [4.69, 9.17) is 4.74 Å². The lowest BCUT2D eigenvalue weighted by Gasteiger charge is -2.06. The van der Waals surface area contributed by atoms with Crippen LogP contribution < -0.4 is 4.74 Å². The molecule has 0 saturated heterocycles. The molecule has 0 unspecified atom stereocenters. The Labute approximate surface area is 136 Å². The molecule has 0 aromatic heterocycles. The van der Waals surface area contributed by atoms with Crippen LogP contribution in [0.3, 0.4) is 0 Å². The Hall–Kier alpha value is -2.21. The van der Waals surface area contributed by atoms with Crippen molar-refractivity contribution in [2.75, 3.05) is 11.9 Å². The number of carbonyl (C=O) groups is 1. The van der Waals surface area contributed by atoms with E-state index in [-0.39, 0.29) is 11.5 Å². The summed E-state index contributed by atoms with van der Waals surface area (Å²) in [5.74, 6) is 0.531. The number of nitro groups is 1. The number of benzene rings is 2. The minimum atomic E-state index is -0.493. The third-order valence-electron chi connectivity index (χ3n) is 3.00. The van der Waals surface area contributed by atoms with Crippen LogP contribution in [0.2, 0.25) is 0 Å². The van der Waals surface area contributed by atoms with Crippen LogP contribution in [0.1, 0.15) is 22.3 Å². The van der Waals surface area contributed by atoms with E-state index in [1.807, 2.05) is 0 Å². The van der Waals surface area contributed by atoms with Crippen molar-refractivity contribution in [1.29, 1.82) is 0 Å². The monoisotopic (exact) mass is 363 g/mol. The van der Waals surface area contributed by atoms with E-state index in [1.54, 1.807) is 24.3 Å². The van der Waals surface area contributed by atoms with Crippen molar-refractivity contribution in [1.82, 2.24) is 0 Å². The predicted octanol–water partition coefficient (Wildman–Crippen LogP) is 3.99. The molecular weight excluding hydrogens is 350 g/mol. The van der Waals surface area contributed by atoms with Gasteiger partial charge in [0.05, 0.1) is 11.5 Å². The highest BCUT2D eigenvalue weighted by Crippen LogP contribution is 2.18. The Balaban J connectivity index is 2.07. The number of rotatable bonds is 7. The average molecular weight is 364 g/mol. The van der Waals surface area contributed by atoms with Crippen LogP contribution >= 0.6 is 15.9 Å². The maximum atomic E-state index is 12.3. The molecule has 0 aliphatic rings. The second-order valence-electron chi connectivity index (χ2n) is 4.55. The number of nitrogens with zero attached hydrogens (tertiary/aromatic N) is 1. The molecule has 2 aromatic rings. The summed E-state index contributed by atoms with van der Waals surface area (Å²) in [4.78, 5) is 22.4. The van der Waals surface area contributed by atoms with Crippen molar-refractivity contribution in [3.8, 4) is 5.75 Å². The molecule has 0 amide bonds. The van der Waals surface area contributed by atoms with E-state index in [0.717, 1.165) is 11.8 Å². The molecule has 0 aliphatic heterocycles. The zero-order chi connectivity index (χ0) is 15.9. The van der Waals surface area contributed by atoms with Gasteiger partial charge in [-0.1, -0.05) is 15.9 Å². The van der Waals surface area contributed by atoms with Gasteiger partial charge in [-0.25, -0.2) is 0 Å². The summed E-state index contributed by atoms with van der Waals surface area (Å²) < 4.78 is 5.51. The third-order valence-corrected chi connectivity index (χ3v) is 3.56. The van der Waals surface area contributed by atoms with Gasteiger partial charge in [0.1, 0.15) is 5.75 Å². The van der Waals surface area contributed by atoms with Crippen LogP contribution in [0.25, 0.3) is 0 Å². The Morgan fingerprint density at radius 3 is 2.09 bits per heavy atom. The standard InChI is InChI=1S/C16H14BrNO4/c17-10-1-11-22-15-8-4-13(5-9-15)16(19)12-2-6-14(7-3-12)18(20)21/h2-9H,1,10-11H2. The number of ether oxygens (including phenoxy) is 1. The highest BCUT2D eigenvalue weighted by Gasteiger charge is 2.11. The molecule has 0 spiro atoms. The van der Waals surface area contributed by atoms with E-state index in [1.165, 1.54) is 24.3 Å². The quantitative estimate of drug-likeness (QED) is 0.245. The Bertz CT molecular complexity index is 653. The molecule has 6 heteroatoms. The number of alkyl halides is 1. The Kier molecular flexibility index (Phi) is 5.66. The Morgan fingerprint density at radius 2 is 1.59 bits per heavy atom. The lowest BCUT2D eigenvalue weighted by Crippen LogP contribution is -2.02. The van der Waals surface area contributed by atoms with Crippen molar-refractivity contribution in [3.05, 3.63) is 69.8 Å². The topological polar surface area (TPSA) is 69.4 Å². The maximum Gasteiger partial charge on any atom is 0.269 e. The second-order valence-corrected chi connectivity index (χ2v) is 5.34. The molecule has 0 radical (unpaired) electrons. The maximum absolute atomic E-state index is 12.3. The fourth-order valence-corrected chi connectivity index (χ4v) is 2.08. The minimum Gasteiger partial charge on any atom is -0.494 e. The normalized spacial score (nSPS) is 10.2. The summed E-state index contributed by atoms with van der Waals surface area (Å²) in [5, 5.41) is 11.5. The summed E-state index contributed by atoms with van der Waals surface area (Å²) in [7, 11) is 0. The SMILES string of the molecule is O=C(c1ccc(OCCCBr)cc1)c1ccc([N+](=O)[O-])cc1. The molecule has 2 rings (SSSR count). The van der Waals surface area contributed by atoms with Crippen LogP contribution in [0.15, 0.2) is 48.5 Å². The van der Waals surface area contributed by atoms with E-state index in [0.29, 0.717) is 23.5 Å². The second kappa shape index (κ2) is 7.70. The van der Waals surface area contributed by atoms with E-state index in [2.05, 4.69) is 15.9 Å². The molecule has 0 heterocycles. The molecule has 2 aromatic carbocycles. The van der Waals surface area contributed by atoms with Crippen LogP contribution in [0.5, 0.6) is 5.75 Å². The zero-order valence-electron chi connectivity index (χ0n) is 11.7. The molecule has 0 saturated carbocycles. The largest absolute Gasteiger partial charge is 0.494 e. The lowest BCUT2D eigenvalue weighted by atomic mass is 10.0. The molecular formula is C16H14BrNO4. The van der Waals surface area contributed by atoms with Crippen molar-refractivity contribution in [2.24, 2.45) is 0 Å². The predicted molar refractivity (Wildman–Crippen MR) is 86.9 cm³/mol. The third kappa shape index (κ3) is 4.14. The van der Waals surface area contributed by atoms with Gasteiger partial charge in [-0.3, -0.25) is 14.9 Å². The summed E-state index contributed by atoms with van der Waals surface area (Å²) in [6.07, 6.45) is 0.906. The number of halogens is 1. The van der Waals surface area contributed by atoms with Gasteiger partial charge in [0.2, 0.25) is 0 Å². The van der Waals surface area contributed by atoms with Gasteiger partial charge in [-0.15, -0.1) is 0 Å². The number of hydrogen-bond acceptors (Lipinski definition) is 4. The molecule has 0 atom stereocenters. The summed E-state index contributed by atoms with van der Waals surface area (Å²) in [5.41, 5.74) is 0.896. The first kappa shape index (κ1) is 16.2. The first-order valence-electron chi connectivity index (χ1n) is 6.70. The molecule has 0 fully saturated rings. The van der Waals surface area contributed by atoms with E-state index in [9.17, 15) is 14.9 Å². The van der Waals surface area contributed by atoms with Crippen molar-refractivity contribution in [2.45, 2.75) is 6.42 Å². The van der Waals surface area contributed by atoms with Crippen LogP contribution in [0, 0.1) is 10.1 Å². The van der Waals surface area contributed by atoms with Gasteiger partial charge in [0, 0.05) is 28.6 Å². The summed E-state index contributed by atoms with van der Waals surface area (Å²) in [6, 6.07) is 12.4. The first-order valence-corrected chi connectivity index (χ1v) is 7.82. The minimum absolute atomic E-state index is 0.0351. The smallest absolute Gasteiger partial charge is 0.269 e. The van der Waals surface area contributed by atoms with Gasteiger partial charge in [-0.2, -0.15) is 0 Å². The number of hydrogen-bond donors (Lipinski definition) is 0. The van der Waals surface area contributed by atoms with Crippen molar-refractivity contribution >= 4 is 27.4 Å². The summed E-state index contributed by atoms with van der Waals surface area (Å²) in [6.45, 7) is 0.612. The van der Waals surface area contributed by atoms with Gasteiger partial charge in [-0.05, 0) is 42.8 Å². The highest BCUT2D eigenvalue weighted by molar-refractivity contribution is 9.09. The van der Waals surface area contributed by atoms with Gasteiger partial charge in [0.25, 0.3) is 5.69 Å². The molecule has 22 heavy (non-hydrogen) atoms. The molecule has 5 nitrogen and oxygen atoms in total. The molecule has 114 valence electrons. The summed E-state index contributed by atoms with van der Waals surface area (Å²) >= 11 is 3.33. The van der Waals surface area contributed by atoms with E-state index < -0.39 is 4.92 Å². The van der Waals surface area contributed by atoms with Crippen molar-refractivity contribution in [3.63, 3.8) is 0 Å². The lowest BCUT2D eigenvalue weighted by molar-refractivity contribution is -0.384. The van der Waals surface area contributed by atoms with Gasteiger partial charge in [0.15, 0.2) is 5.78 Å². The molecule has 0 aliphatic carbocycles. The van der Waals surface area contributed by atoms with Gasteiger partial charge >= 0.3 is 0 Å². The molecule has 0 N–H and O–H groups in total. The number of non-ortho nitro benzene ring substituents is 1. The van der Waals surface area contributed by atoms with Crippen molar-refractivity contribution < 1.29 is 14.5 Å². The van der Waals surface area contributed by atoms with Crippen LogP contribution in [-0.2, 0) is 0 Å². The average Bonchev–Trinajstić information content (AvgIpc) is 2.55. The van der Waals surface area contributed by atoms with Crippen LogP contribution in [-0.4, -0.2) is 22.6 Å². The highest BCUT2D eigenvalue weighted by atomic mass is 79.9. The Morgan fingerprint density at radius 1 is 1.05 bits per heavy atom. The zero-order valence-corrected chi connectivity index (χ0v) is 13.3.